The molecule has 2 rings (SSSR count). The van der Waals surface area contributed by atoms with E-state index in [1.54, 1.807) is 7.11 Å². The molecular weight excluding hydrogens is 262 g/mol. The molecule has 112 valence electrons. The van der Waals surface area contributed by atoms with Gasteiger partial charge in [-0.2, -0.15) is 0 Å². The molecule has 3 nitrogen and oxygen atoms in total. The summed E-state index contributed by atoms with van der Waals surface area (Å²) < 4.78 is 11.3. The molecule has 0 aliphatic rings. The summed E-state index contributed by atoms with van der Waals surface area (Å²) >= 11 is 0. The maximum absolute atomic E-state index is 5.90. The van der Waals surface area contributed by atoms with Crippen molar-refractivity contribution in [3.05, 3.63) is 59.2 Å². The standard InChI is InChI=1S/C18H23NO2/c1-4-14-8-9-17(18(11-14)20-3)21-13-16-7-5-6-15(10-16)12-19-2/h5-11,19H,4,12-13H2,1-3H3. The molecule has 2 aromatic rings. The highest BCUT2D eigenvalue weighted by Gasteiger charge is 2.06. The Kier molecular flexibility index (Phi) is 5.64. The van der Waals surface area contributed by atoms with Gasteiger partial charge in [-0.25, -0.2) is 0 Å². The van der Waals surface area contributed by atoms with Gasteiger partial charge in [0.15, 0.2) is 11.5 Å². The van der Waals surface area contributed by atoms with Gasteiger partial charge in [-0.15, -0.1) is 0 Å². The van der Waals surface area contributed by atoms with Crippen molar-refractivity contribution in [2.45, 2.75) is 26.5 Å². The Labute approximate surface area is 126 Å². The smallest absolute Gasteiger partial charge is 0.161 e. The minimum absolute atomic E-state index is 0.541. The van der Waals surface area contributed by atoms with Gasteiger partial charge in [-0.1, -0.05) is 37.3 Å². The number of hydrogen-bond donors (Lipinski definition) is 1. The van der Waals surface area contributed by atoms with Crippen LogP contribution in [0.15, 0.2) is 42.5 Å². The molecule has 0 unspecified atom stereocenters. The van der Waals surface area contributed by atoms with Crippen LogP contribution in [0.3, 0.4) is 0 Å². The summed E-state index contributed by atoms with van der Waals surface area (Å²) in [5.74, 6) is 1.58. The fourth-order valence-corrected chi connectivity index (χ4v) is 2.25. The summed E-state index contributed by atoms with van der Waals surface area (Å²) in [4.78, 5) is 0. The number of benzene rings is 2. The summed E-state index contributed by atoms with van der Waals surface area (Å²) in [6, 6.07) is 14.5. The first-order valence-electron chi connectivity index (χ1n) is 7.29. The average Bonchev–Trinajstić information content (AvgIpc) is 2.53. The number of nitrogens with one attached hydrogen (secondary N) is 1. The maximum Gasteiger partial charge on any atom is 0.161 e. The highest BCUT2D eigenvalue weighted by Crippen LogP contribution is 2.29. The zero-order chi connectivity index (χ0) is 15.1. The van der Waals surface area contributed by atoms with Crippen LogP contribution in [0.4, 0.5) is 0 Å². The zero-order valence-corrected chi connectivity index (χ0v) is 13.0. The van der Waals surface area contributed by atoms with E-state index in [1.165, 1.54) is 11.1 Å². The lowest BCUT2D eigenvalue weighted by Gasteiger charge is -2.12. The lowest BCUT2D eigenvalue weighted by Crippen LogP contribution is -2.05. The molecular formula is C18H23NO2. The van der Waals surface area contributed by atoms with E-state index in [-0.39, 0.29) is 0 Å². The first-order valence-corrected chi connectivity index (χ1v) is 7.29. The first kappa shape index (κ1) is 15.4. The van der Waals surface area contributed by atoms with Gasteiger partial charge in [0.05, 0.1) is 7.11 Å². The lowest BCUT2D eigenvalue weighted by atomic mass is 10.1. The van der Waals surface area contributed by atoms with Crippen LogP contribution in [0, 0.1) is 0 Å². The molecule has 0 saturated carbocycles. The second kappa shape index (κ2) is 7.70. The molecule has 0 atom stereocenters. The topological polar surface area (TPSA) is 30.5 Å². The fraction of sp³-hybridized carbons (Fsp3) is 0.333. The monoisotopic (exact) mass is 285 g/mol. The molecule has 0 heterocycles. The van der Waals surface area contributed by atoms with Crippen molar-refractivity contribution in [1.29, 1.82) is 0 Å². The van der Waals surface area contributed by atoms with Gasteiger partial charge in [-0.05, 0) is 42.3 Å². The summed E-state index contributed by atoms with van der Waals surface area (Å²) in [6.45, 7) is 3.53. The molecule has 1 N–H and O–H groups in total. The molecule has 0 radical (unpaired) electrons. The van der Waals surface area contributed by atoms with Gasteiger partial charge < -0.3 is 14.8 Å². The molecule has 0 aromatic heterocycles. The zero-order valence-electron chi connectivity index (χ0n) is 13.0. The van der Waals surface area contributed by atoms with Crippen LogP contribution in [-0.2, 0) is 19.6 Å². The van der Waals surface area contributed by atoms with Crippen molar-refractivity contribution in [1.82, 2.24) is 5.32 Å². The van der Waals surface area contributed by atoms with E-state index in [9.17, 15) is 0 Å². The summed E-state index contributed by atoms with van der Waals surface area (Å²) in [6.07, 6.45) is 0.989. The second-order valence-corrected chi connectivity index (χ2v) is 4.98. The van der Waals surface area contributed by atoms with Crippen LogP contribution >= 0.6 is 0 Å². The molecule has 0 saturated heterocycles. The van der Waals surface area contributed by atoms with Crippen molar-refractivity contribution in [2.75, 3.05) is 14.2 Å². The van der Waals surface area contributed by atoms with Gasteiger partial charge in [-0.3, -0.25) is 0 Å². The van der Waals surface area contributed by atoms with Gasteiger partial charge in [0.25, 0.3) is 0 Å². The number of hydrogen-bond acceptors (Lipinski definition) is 3. The van der Waals surface area contributed by atoms with Crippen LogP contribution in [0.25, 0.3) is 0 Å². The summed E-state index contributed by atoms with van der Waals surface area (Å²) in [5, 5.41) is 3.16. The minimum atomic E-state index is 0.541. The van der Waals surface area contributed by atoms with Crippen LogP contribution in [0.1, 0.15) is 23.6 Å². The summed E-state index contributed by atoms with van der Waals surface area (Å²) in [7, 11) is 3.62. The van der Waals surface area contributed by atoms with Gasteiger partial charge >= 0.3 is 0 Å². The highest BCUT2D eigenvalue weighted by molar-refractivity contribution is 5.43. The van der Waals surface area contributed by atoms with Crippen molar-refractivity contribution in [3.8, 4) is 11.5 Å². The van der Waals surface area contributed by atoms with E-state index in [0.29, 0.717) is 6.61 Å². The Morgan fingerprint density at radius 2 is 1.76 bits per heavy atom. The van der Waals surface area contributed by atoms with Gasteiger partial charge in [0.2, 0.25) is 0 Å². The molecule has 0 bridgehead atoms. The fourth-order valence-electron chi connectivity index (χ4n) is 2.25. The maximum atomic E-state index is 5.90. The van der Waals surface area contributed by atoms with E-state index in [1.807, 2.05) is 19.2 Å². The summed E-state index contributed by atoms with van der Waals surface area (Å²) in [5.41, 5.74) is 3.66. The van der Waals surface area contributed by atoms with Crippen molar-refractivity contribution < 1.29 is 9.47 Å². The number of aryl methyl sites for hydroxylation is 1. The van der Waals surface area contributed by atoms with E-state index < -0.39 is 0 Å². The molecule has 0 aliphatic carbocycles. The largest absolute Gasteiger partial charge is 0.493 e. The molecule has 0 amide bonds. The minimum Gasteiger partial charge on any atom is -0.493 e. The number of rotatable bonds is 7. The Hall–Kier alpha value is -2.00. The van der Waals surface area contributed by atoms with Crippen LogP contribution in [0.2, 0.25) is 0 Å². The molecule has 0 spiro atoms. The predicted molar refractivity (Wildman–Crippen MR) is 85.9 cm³/mol. The average molecular weight is 285 g/mol. The Morgan fingerprint density at radius 1 is 0.952 bits per heavy atom. The Morgan fingerprint density at radius 3 is 2.48 bits per heavy atom. The number of methoxy groups -OCH3 is 1. The third-order valence-electron chi connectivity index (χ3n) is 3.40. The van der Waals surface area contributed by atoms with Crippen LogP contribution < -0.4 is 14.8 Å². The van der Waals surface area contributed by atoms with Crippen molar-refractivity contribution in [3.63, 3.8) is 0 Å². The molecule has 0 aliphatic heterocycles. The number of ether oxygens (including phenoxy) is 2. The molecule has 3 heteroatoms. The first-order chi connectivity index (χ1) is 10.3. The Balaban J connectivity index is 2.07. The molecule has 0 fully saturated rings. The van der Waals surface area contributed by atoms with Crippen LogP contribution in [0.5, 0.6) is 11.5 Å². The Bertz CT molecular complexity index is 581. The molecule has 21 heavy (non-hydrogen) atoms. The van der Waals surface area contributed by atoms with Crippen molar-refractivity contribution in [2.24, 2.45) is 0 Å². The second-order valence-electron chi connectivity index (χ2n) is 4.98. The van der Waals surface area contributed by atoms with E-state index in [2.05, 4.69) is 42.6 Å². The molecule has 2 aromatic carbocycles. The van der Waals surface area contributed by atoms with E-state index >= 15 is 0 Å². The SMILES string of the molecule is CCc1ccc(OCc2cccc(CNC)c2)c(OC)c1. The van der Waals surface area contributed by atoms with Gasteiger partial charge in [0, 0.05) is 6.54 Å². The van der Waals surface area contributed by atoms with Crippen molar-refractivity contribution >= 4 is 0 Å². The predicted octanol–water partition coefficient (Wildman–Crippen LogP) is 3.56. The van der Waals surface area contributed by atoms with Gasteiger partial charge in [0.1, 0.15) is 6.61 Å². The highest BCUT2D eigenvalue weighted by atomic mass is 16.5. The quantitative estimate of drug-likeness (QED) is 0.844. The third kappa shape index (κ3) is 4.23. The van der Waals surface area contributed by atoms with E-state index in [0.717, 1.165) is 30.0 Å². The van der Waals surface area contributed by atoms with Crippen LogP contribution in [-0.4, -0.2) is 14.2 Å². The van der Waals surface area contributed by atoms with E-state index in [4.69, 9.17) is 9.47 Å². The normalized spacial score (nSPS) is 10.4. The lowest BCUT2D eigenvalue weighted by molar-refractivity contribution is 0.284. The third-order valence-corrected chi connectivity index (χ3v) is 3.40.